The zero-order valence-corrected chi connectivity index (χ0v) is 16.5. The number of ether oxygens (including phenoxy) is 1. The van der Waals surface area contributed by atoms with Crippen molar-refractivity contribution in [3.05, 3.63) is 46.0 Å². The Morgan fingerprint density at radius 2 is 2.12 bits per heavy atom. The molecule has 3 heterocycles. The van der Waals surface area contributed by atoms with Crippen LogP contribution in [0.1, 0.15) is 66.2 Å². The van der Waals surface area contributed by atoms with Crippen LogP contribution in [0.15, 0.2) is 29.0 Å². The van der Waals surface area contributed by atoms with Gasteiger partial charge in [0.25, 0.3) is 5.91 Å². The number of amides is 1. The van der Waals surface area contributed by atoms with E-state index in [9.17, 15) is 9.59 Å². The van der Waals surface area contributed by atoms with Gasteiger partial charge in [0, 0.05) is 11.0 Å². The highest BCUT2D eigenvalue weighted by molar-refractivity contribution is 9.10. The summed E-state index contributed by atoms with van der Waals surface area (Å²) in [5, 5.41) is 0. The van der Waals surface area contributed by atoms with Crippen molar-refractivity contribution >= 4 is 27.8 Å². The first kappa shape index (κ1) is 17.3. The number of carbonyl (C=O) groups is 2. The number of rotatable bonds is 1. The zero-order valence-electron chi connectivity index (χ0n) is 15.0. The lowest BCUT2D eigenvalue weighted by atomic mass is 10.1. The first-order valence-corrected chi connectivity index (χ1v) is 9.47. The van der Waals surface area contributed by atoms with Crippen LogP contribution in [-0.4, -0.2) is 38.5 Å². The van der Waals surface area contributed by atoms with Crippen molar-refractivity contribution in [1.29, 1.82) is 0 Å². The van der Waals surface area contributed by atoms with Gasteiger partial charge >= 0.3 is 5.97 Å². The minimum Gasteiger partial charge on any atom is -0.455 e. The predicted octanol–water partition coefficient (Wildman–Crippen LogP) is 3.88. The third kappa shape index (κ3) is 2.74. The van der Waals surface area contributed by atoms with Crippen LogP contribution >= 0.6 is 15.9 Å². The second-order valence-corrected chi connectivity index (χ2v) is 8.58. The highest BCUT2D eigenvalue weighted by Crippen LogP contribution is 2.40. The highest BCUT2D eigenvalue weighted by atomic mass is 79.9. The largest absolute Gasteiger partial charge is 0.455 e. The Morgan fingerprint density at radius 3 is 2.85 bits per heavy atom. The number of aromatic nitrogens is 2. The van der Waals surface area contributed by atoms with Gasteiger partial charge in [0.05, 0.1) is 23.0 Å². The molecule has 6 nitrogen and oxygen atoms in total. The van der Waals surface area contributed by atoms with Gasteiger partial charge in [-0.3, -0.25) is 9.36 Å². The number of fused-ring (bicyclic) bond motifs is 5. The first-order chi connectivity index (χ1) is 12.3. The van der Waals surface area contributed by atoms with Gasteiger partial charge in [0.15, 0.2) is 5.69 Å². The molecule has 0 unspecified atom stereocenters. The Labute approximate surface area is 160 Å². The number of carbonyl (C=O) groups excluding carboxylic acids is 2. The van der Waals surface area contributed by atoms with E-state index in [1.807, 2.05) is 48.4 Å². The monoisotopic (exact) mass is 417 g/mol. The molecule has 136 valence electrons. The van der Waals surface area contributed by atoms with E-state index in [0.717, 1.165) is 28.7 Å². The van der Waals surface area contributed by atoms with Crippen molar-refractivity contribution in [2.45, 2.75) is 45.3 Å². The molecule has 1 atom stereocenters. The van der Waals surface area contributed by atoms with Crippen molar-refractivity contribution in [2.75, 3.05) is 6.54 Å². The van der Waals surface area contributed by atoms with Crippen molar-refractivity contribution in [3.63, 3.8) is 0 Å². The summed E-state index contributed by atoms with van der Waals surface area (Å²) in [5.41, 5.74) is 1.78. The third-order valence-corrected chi connectivity index (χ3v) is 5.17. The van der Waals surface area contributed by atoms with E-state index in [0.29, 0.717) is 17.8 Å². The minimum absolute atomic E-state index is 0.0114. The number of imidazole rings is 1. The molecule has 4 rings (SSSR count). The topological polar surface area (TPSA) is 64.4 Å². The Kier molecular flexibility index (Phi) is 3.95. The van der Waals surface area contributed by atoms with E-state index in [4.69, 9.17) is 4.74 Å². The SMILES string of the molecule is CC(C)(C)OC(=O)c1ncn2c1[C@@H]1CCCN1C(=O)c1cc(Br)ccc1-2. The van der Waals surface area contributed by atoms with Crippen molar-refractivity contribution < 1.29 is 14.3 Å². The average molecular weight is 418 g/mol. The van der Waals surface area contributed by atoms with Crippen LogP contribution in [-0.2, 0) is 4.74 Å². The van der Waals surface area contributed by atoms with Crippen LogP contribution < -0.4 is 0 Å². The first-order valence-electron chi connectivity index (χ1n) is 8.68. The molecule has 0 bridgehead atoms. The van der Waals surface area contributed by atoms with E-state index < -0.39 is 11.6 Å². The fraction of sp³-hybridized carbons (Fsp3) is 0.421. The number of halogens is 1. The number of nitrogens with zero attached hydrogens (tertiary/aromatic N) is 3. The second-order valence-electron chi connectivity index (χ2n) is 7.67. The van der Waals surface area contributed by atoms with Crippen LogP contribution in [0.5, 0.6) is 0 Å². The Bertz CT molecular complexity index is 913. The van der Waals surface area contributed by atoms with Gasteiger partial charge in [-0.1, -0.05) is 15.9 Å². The molecular formula is C19H20BrN3O3. The van der Waals surface area contributed by atoms with Gasteiger partial charge < -0.3 is 9.64 Å². The van der Waals surface area contributed by atoms with Crippen LogP contribution in [0.2, 0.25) is 0 Å². The molecule has 2 aliphatic rings. The molecule has 1 amide bonds. The number of benzene rings is 1. The molecular weight excluding hydrogens is 398 g/mol. The predicted molar refractivity (Wildman–Crippen MR) is 99.4 cm³/mol. The summed E-state index contributed by atoms with van der Waals surface area (Å²) in [6.07, 6.45) is 3.33. The molecule has 0 spiro atoms. The molecule has 1 saturated heterocycles. The maximum atomic E-state index is 13.1. The smallest absolute Gasteiger partial charge is 0.359 e. The third-order valence-electron chi connectivity index (χ3n) is 4.67. The van der Waals surface area contributed by atoms with Gasteiger partial charge in [0.2, 0.25) is 0 Å². The zero-order chi connectivity index (χ0) is 18.6. The van der Waals surface area contributed by atoms with Crippen molar-refractivity contribution in [2.24, 2.45) is 0 Å². The summed E-state index contributed by atoms with van der Waals surface area (Å²) in [4.78, 5) is 32.1. The Hall–Kier alpha value is -2.15. The Balaban J connectivity index is 1.91. The molecule has 2 aromatic rings. The fourth-order valence-electron chi connectivity index (χ4n) is 3.69. The highest BCUT2D eigenvalue weighted by Gasteiger charge is 2.40. The van der Waals surface area contributed by atoms with Gasteiger partial charge in [-0.15, -0.1) is 0 Å². The fourth-order valence-corrected chi connectivity index (χ4v) is 4.05. The maximum absolute atomic E-state index is 13.1. The number of esters is 1. The molecule has 1 aromatic heterocycles. The van der Waals surface area contributed by atoms with E-state index in [1.165, 1.54) is 0 Å². The molecule has 2 aliphatic heterocycles. The van der Waals surface area contributed by atoms with Crippen LogP contribution in [0.3, 0.4) is 0 Å². The lowest BCUT2D eigenvalue weighted by molar-refractivity contribution is 0.00596. The number of hydrogen-bond acceptors (Lipinski definition) is 4. The molecule has 26 heavy (non-hydrogen) atoms. The lowest BCUT2D eigenvalue weighted by Gasteiger charge is -2.24. The summed E-state index contributed by atoms with van der Waals surface area (Å²) in [6.45, 7) is 6.17. The molecule has 1 aromatic carbocycles. The molecule has 0 radical (unpaired) electrons. The van der Waals surface area contributed by atoms with E-state index in [-0.39, 0.29) is 11.9 Å². The van der Waals surface area contributed by atoms with Crippen LogP contribution in [0.4, 0.5) is 0 Å². The molecule has 7 heteroatoms. The molecule has 0 saturated carbocycles. The van der Waals surface area contributed by atoms with Crippen molar-refractivity contribution in [3.8, 4) is 5.69 Å². The second kappa shape index (κ2) is 5.94. The number of hydrogen-bond donors (Lipinski definition) is 0. The quantitative estimate of drug-likeness (QED) is 0.660. The van der Waals surface area contributed by atoms with E-state index in [1.54, 1.807) is 6.33 Å². The van der Waals surface area contributed by atoms with E-state index in [2.05, 4.69) is 20.9 Å². The van der Waals surface area contributed by atoms with Gasteiger partial charge in [-0.2, -0.15) is 0 Å². The molecule has 0 N–H and O–H groups in total. The van der Waals surface area contributed by atoms with Crippen LogP contribution in [0.25, 0.3) is 5.69 Å². The molecule has 0 aliphatic carbocycles. The van der Waals surface area contributed by atoms with E-state index >= 15 is 0 Å². The lowest BCUT2D eigenvalue weighted by Crippen LogP contribution is -2.31. The normalized spacial score (nSPS) is 18.8. The standard InChI is InChI=1S/C19H20BrN3O3/c1-19(2,3)26-18(25)15-16-14-5-4-8-22(14)17(24)12-9-11(20)6-7-13(12)23(16)10-21-15/h6-7,9-10,14H,4-5,8H2,1-3H3/t14-/m0/s1. The molecule has 1 fully saturated rings. The van der Waals surface area contributed by atoms with Gasteiger partial charge in [-0.05, 0) is 51.8 Å². The minimum atomic E-state index is -0.605. The Morgan fingerprint density at radius 1 is 1.35 bits per heavy atom. The summed E-state index contributed by atoms with van der Waals surface area (Å²) < 4.78 is 8.26. The van der Waals surface area contributed by atoms with Gasteiger partial charge in [-0.25, -0.2) is 9.78 Å². The van der Waals surface area contributed by atoms with Crippen LogP contribution in [0, 0.1) is 0 Å². The average Bonchev–Trinajstić information content (AvgIpc) is 3.17. The summed E-state index contributed by atoms with van der Waals surface area (Å²) in [6, 6.07) is 5.43. The maximum Gasteiger partial charge on any atom is 0.359 e. The summed E-state index contributed by atoms with van der Waals surface area (Å²) in [5.74, 6) is -0.464. The van der Waals surface area contributed by atoms with Crippen molar-refractivity contribution in [1.82, 2.24) is 14.5 Å². The van der Waals surface area contributed by atoms with Gasteiger partial charge in [0.1, 0.15) is 11.9 Å². The summed E-state index contributed by atoms with van der Waals surface area (Å²) in [7, 11) is 0. The summed E-state index contributed by atoms with van der Waals surface area (Å²) >= 11 is 3.45.